The van der Waals surface area contributed by atoms with E-state index in [4.69, 9.17) is 14.2 Å². The van der Waals surface area contributed by atoms with Gasteiger partial charge in [-0.05, 0) is 49.2 Å². The van der Waals surface area contributed by atoms with Crippen LogP contribution in [-0.2, 0) is 19.7 Å². The topological polar surface area (TPSA) is 61.8 Å². The third kappa shape index (κ3) is 5.83. The summed E-state index contributed by atoms with van der Waals surface area (Å²) in [7, 11) is 0. The molecule has 0 saturated carbocycles. The Hall–Kier alpha value is -3.34. The van der Waals surface area contributed by atoms with E-state index in [9.17, 15) is 9.59 Å². The van der Waals surface area contributed by atoms with E-state index >= 15 is 0 Å². The van der Waals surface area contributed by atoms with Gasteiger partial charge in [0, 0.05) is 23.5 Å². The van der Waals surface area contributed by atoms with Crippen molar-refractivity contribution >= 4 is 11.9 Å². The van der Waals surface area contributed by atoms with Crippen molar-refractivity contribution in [3.05, 3.63) is 84.0 Å². The van der Waals surface area contributed by atoms with Crippen LogP contribution in [0.25, 0.3) is 0 Å². The number of ether oxygens (including phenoxy) is 3. The molecule has 5 heteroatoms. The maximum atomic E-state index is 11.7. The van der Waals surface area contributed by atoms with Crippen molar-refractivity contribution in [1.29, 1.82) is 0 Å². The Labute approximate surface area is 178 Å². The lowest BCUT2D eigenvalue weighted by Gasteiger charge is -2.26. The number of rotatable bonds is 8. The lowest BCUT2D eigenvalue weighted by molar-refractivity contribution is -0.156. The van der Waals surface area contributed by atoms with Crippen LogP contribution in [-0.4, -0.2) is 18.2 Å². The summed E-state index contributed by atoms with van der Waals surface area (Å²) in [5, 5.41) is 0. The molecule has 0 aliphatic carbocycles. The number of hydrogen-bond acceptors (Lipinski definition) is 5. The third-order valence-electron chi connectivity index (χ3n) is 4.63. The molecule has 2 aromatic rings. The molecule has 0 radical (unpaired) electrons. The van der Waals surface area contributed by atoms with Crippen molar-refractivity contribution in [2.24, 2.45) is 0 Å². The minimum Gasteiger partial charge on any atom is -0.455 e. The Kier molecular flexibility index (Phi) is 7.22. The highest BCUT2D eigenvalue weighted by Gasteiger charge is 2.23. The molecule has 0 N–H and O–H groups in total. The fourth-order valence-corrected chi connectivity index (χ4v) is 2.72. The van der Waals surface area contributed by atoms with Gasteiger partial charge in [-0.15, -0.1) is 0 Å². The molecule has 0 fully saturated rings. The van der Waals surface area contributed by atoms with Crippen molar-refractivity contribution in [2.45, 2.75) is 46.3 Å². The average Bonchev–Trinajstić information content (AvgIpc) is 2.68. The van der Waals surface area contributed by atoms with Gasteiger partial charge in [-0.25, -0.2) is 9.59 Å². The molecule has 0 amide bonds. The largest absolute Gasteiger partial charge is 0.455 e. The highest BCUT2D eigenvalue weighted by molar-refractivity contribution is 5.88. The minimum atomic E-state index is -0.720. The zero-order valence-corrected chi connectivity index (χ0v) is 18.2. The molecular formula is C25H28O5. The normalized spacial score (nSPS) is 11.9. The first-order valence-electron chi connectivity index (χ1n) is 9.62. The van der Waals surface area contributed by atoms with E-state index in [2.05, 4.69) is 27.0 Å². The van der Waals surface area contributed by atoms with E-state index in [0.717, 1.165) is 11.1 Å². The first-order valence-corrected chi connectivity index (χ1v) is 9.62. The Bertz CT molecular complexity index is 937. The van der Waals surface area contributed by atoms with E-state index in [-0.39, 0.29) is 5.41 Å². The molecule has 1 unspecified atom stereocenters. The molecule has 0 spiro atoms. The fraction of sp³-hybridized carbons (Fsp3) is 0.280. The maximum absolute atomic E-state index is 11.7. The molecule has 0 aromatic heterocycles. The van der Waals surface area contributed by atoms with Crippen LogP contribution >= 0.6 is 0 Å². The van der Waals surface area contributed by atoms with E-state index in [1.165, 1.54) is 0 Å². The van der Waals surface area contributed by atoms with Crippen LogP contribution in [0.5, 0.6) is 11.5 Å². The summed E-state index contributed by atoms with van der Waals surface area (Å²) in [5.41, 5.74) is 2.53. The molecule has 0 aliphatic heterocycles. The predicted octanol–water partition coefficient (Wildman–Crippen LogP) is 5.34. The van der Waals surface area contributed by atoms with Gasteiger partial charge in [-0.3, -0.25) is 0 Å². The number of benzene rings is 2. The summed E-state index contributed by atoms with van der Waals surface area (Å²) in [4.78, 5) is 23.2. The van der Waals surface area contributed by atoms with Crippen molar-refractivity contribution in [2.75, 3.05) is 0 Å². The Morgan fingerprint density at radius 2 is 1.23 bits per heavy atom. The molecule has 5 nitrogen and oxygen atoms in total. The van der Waals surface area contributed by atoms with Crippen molar-refractivity contribution in [3.63, 3.8) is 0 Å². The van der Waals surface area contributed by atoms with Gasteiger partial charge >= 0.3 is 11.9 Å². The van der Waals surface area contributed by atoms with Crippen LogP contribution < -0.4 is 9.47 Å². The zero-order chi connectivity index (χ0) is 22.5. The van der Waals surface area contributed by atoms with E-state index in [1.54, 1.807) is 32.9 Å². The Morgan fingerprint density at radius 1 is 0.800 bits per heavy atom. The van der Waals surface area contributed by atoms with E-state index in [1.807, 2.05) is 36.4 Å². The lowest BCUT2D eigenvalue weighted by Crippen LogP contribution is -2.21. The molecule has 30 heavy (non-hydrogen) atoms. The Balaban J connectivity index is 2.09. The van der Waals surface area contributed by atoms with Crippen molar-refractivity contribution in [1.82, 2.24) is 0 Å². The smallest absolute Gasteiger partial charge is 0.338 e. The quantitative estimate of drug-likeness (QED) is 0.255. The first-order chi connectivity index (χ1) is 14.0. The van der Waals surface area contributed by atoms with Crippen LogP contribution in [0.1, 0.15) is 45.7 Å². The summed E-state index contributed by atoms with van der Waals surface area (Å²) >= 11 is 0. The summed E-state index contributed by atoms with van der Waals surface area (Å²) in [6.45, 7) is 16.2. The number of hydrogen-bond donors (Lipinski definition) is 0. The van der Waals surface area contributed by atoms with Crippen LogP contribution in [0.4, 0.5) is 0 Å². The second-order valence-electron chi connectivity index (χ2n) is 7.71. The number of esters is 2. The first kappa shape index (κ1) is 22.9. The van der Waals surface area contributed by atoms with Gasteiger partial charge in [0.1, 0.15) is 11.5 Å². The second-order valence-corrected chi connectivity index (χ2v) is 7.71. The van der Waals surface area contributed by atoms with Gasteiger partial charge < -0.3 is 14.2 Å². The van der Waals surface area contributed by atoms with E-state index < -0.39 is 18.2 Å². The predicted molar refractivity (Wildman–Crippen MR) is 116 cm³/mol. The SMILES string of the molecule is C=C(C)C(=O)Oc1ccc(C(C)(C)c2ccc(OC(C)OC(=O)C(=C)C)cc2)cc1. The van der Waals surface area contributed by atoms with Crippen LogP contribution in [0.2, 0.25) is 0 Å². The van der Waals surface area contributed by atoms with Crippen molar-refractivity contribution in [3.8, 4) is 11.5 Å². The van der Waals surface area contributed by atoms with Crippen molar-refractivity contribution < 1.29 is 23.8 Å². The molecule has 2 rings (SSSR count). The highest BCUT2D eigenvalue weighted by Crippen LogP contribution is 2.33. The standard InChI is InChI=1S/C25H28O5/c1-16(2)23(26)29-18(5)28-21-12-8-19(9-13-21)25(6,7)20-10-14-22(15-11-20)30-24(27)17(3)4/h8-15,18H,1,3H2,2,4-7H3. The summed E-state index contributed by atoms with van der Waals surface area (Å²) in [6.07, 6.45) is -0.720. The molecule has 1 atom stereocenters. The minimum absolute atomic E-state index is 0.284. The van der Waals surface area contributed by atoms with Gasteiger partial charge in [0.05, 0.1) is 0 Å². The second kappa shape index (κ2) is 9.44. The molecule has 0 aliphatic rings. The fourth-order valence-electron chi connectivity index (χ4n) is 2.72. The summed E-state index contributed by atoms with van der Waals surface area (Å²) in [5.74, 6) is 0.140. The van der Waals surface area contributed by atoms with Crippen LogP contribution in [0, 0.1) is 0 Å². The highest BCUT2D eigenvalue weighted by atomic mass is 16.7. The molecule has 0 heterocycles. The number of carbonyl (C=O) groups excluding carboxylic acids is 2. The van der Waals surface area contributed by atoms with Gasteiger partial charge in [0.15, 0.2) is 0 Å². The Morgan fingerprint density at radius 3 is 1.67 bits per heavy atom. The summed E-state index contributed by atoms with van der Waals surface area (Å²) < 4.78 is 16.0. The molecule has 0 saturated heterocycles. The van der Waals surface area contributed by atoms with Crippen LogP contribution in [0.3, 0.4) is 0 Å². The molecule has 158 valence electrons. The summed E-state index contributed by atoms with van der Waals surface area (Å²) in [6, 6.07) is 15.0. The lowest BCUT2D eigenvalue weighted by atomic mass is 9.78. The van der Waals surface area contributed by atoms with Crippen LogP contribution in [0.15, 0.2) is 72.8 Å². The van der Waals surface area contributed by atoms with Gasteiger partial charge in [0.25, 0.3) is 0 Å². The molecule has 2 aromatic carbocycles. The molecule has 0 bridgehead atoms. The van der Waals surface area contributed by atoms with Gasteiger partial charge in [-0.2, -0.15) is 0 Å². The zero-order valence-electron chi connectivity index (χ0n) is 18.2. The monoisotopic (exact) mass is 408 g/mol. The van der Waals surface area contributed by atoms with Gasteiger partial charge in [-0.1, -0.05) is 51.3 Å². The average molecular weight is 408 g/mol. The van der Waals surface area contributed by atoms with Gasteiger partial charge in [0.2, 0.25) is 6.29 Å². The molecular weight excluding hydrogens is 380 g/mol. The third-order valence-corrected chi connectivity index (χ3v) is 4.63. The maximum Gasteiger partial charge on any atom is 0.338 e. The van der Waals surface area contributed by atoms with E-state index in [0.29, 0.717) is 22.6 Å². The number of carbonyl (C=O) groups is 2.